The second-order valence-corrected chi connectivity index (χ2v) is 9.04. The molecule has 0 bridgehead atoms. The third kappa shape index (κ3) is 4.87. The molecule has 0 aliphatic rings. The molecule has 164 valence electrons. The number of carbonyl (C=O) groups excluding carboxylic acids is 1. The molecule has 32 heavy (non-hydrogen) atoms. The fraction of sp³-hybridized carbons (Fsp3) is 0.208. The van der Waals surface area contributed by atoms with Crippen molar-refractivity contribution in [3.8, 4) is 22.6 Å². The molecule has 0 aliphatic heterocycles. The number of amides is 1. The molecule has 0 aliphatic carbocycles. The lowest BCUT2D eigenvalue weighted by atomic mass is 10.1. The topological polar surface area (TPSA) is 84.3 Å². The van der Waals surface area contributed by atoms with Gasteiger partial charge in [-0.15, -0.1) is 11.3 Å². The number of aromatic hydroxyl groups is 1. The van der Waals surface area contributed by atoms with E-state index in [0.29, 0.717) is 18.1 Å². The summed E-state index contributed by atoms with van der Waals surface area (Å²) in [5, 5.41) is 16.5. The second-order valence-electron chi connectivity index (χ2n) is 7.22. The summed E-state index contributed by atoms with van der Waals surface area (Å²) in [5.74, 6) is 1.49. The number of aromatic nitrogens is 2. The monoisotopic (exact) mass is 465 g/mol. The van der Waals surface area contributed by atoms with Crippen LogP contribution >= 0.6 is 23.1 Å². The number of anilines is 1. The number of nitrogens with zero attached hydrogens (tertiary/aromatic N) is 2. The summed E-state index contributed by atoms with van der Waals surface area (Å²) in [5.41, 5.74) is 3.44. The van der Waals surface area contributed by atoms with Crippen LogP contribution in [0.3, 0.4) is 0 Å². The van der Waals surface area contributed by atoms with Crippen molar-refractivity contribution in [2.24, 2.45) is 0 Å². The highest BCUT2D eigenvalue weighted by Gasteiger charge is 2.16. The fourth-order valence-corrected chi connectivity index (χ4v) is 5.24. The number of nitrogens with one attached hydrogen (secondary N) is 1. The van der Waals surface area contributed by atoms with E-state index in [-0.39, 0.29) is 17.4 Å². The van der Waals surface area contributed by atoms with E-state index in [2.05, 4.69) is 20.7 Å². The molecule has 4 aromatic rings. The average Bonchev–Trinajstić information content (AvgIpc) is 3.19. The first kappa shape index (κ1) is 22.1. The number of thioether (sulfide) groups is 1. The summed E-state index contributed by atoms with van der Waals surface area (Å²) >= 11 is 2.93. The Bertz CT molecular complexity index is 1270. The quantitative estimate of drug-likeness (QED) is 0.204. The minimum absolute atomic E-state index is 0.0461. The standard InChI is InChI=1S/C24H23N3O3S2/c1-4-30-17-8-6-16(7-9-17)18-12-31-23-22(18)24(26-15(3)25-23)32-13-21(29)27-19-11-14(2)5-10-20(19)28/h5-12,28H,4,13H2,1-3H3,(H,27,29). The molecule has 0 unspecified atom stereocenters. The number of rotatable bonds is 7. The molecule has 0 saturated carbocycles. The Hall–Kier alpha value is -3.10. The Kier molecular flexibility index (Phi) is 6.62. The van der Waals surface area contributed by atoms with Gasteiger partial charge in [0, 0.05) is 10.9 Å². The van der Waals surface area contributed by atoms with E-state index in [1.54, 1.807) is 29.5 Å². The number of phenols is 1. The van der Waals surface area contributed by atoms with Gasteiger partial charge in [0.1, 0.15) is 27.2 Å². The van der Waals surface area contributed by atoms with E-state index in [4.69, 9.17) is 4.74 Å². The third-order valence-corrected chi connectivity index (χ3v) is 6.60. The molecule has 2 aromatic carbocycles. The molecule has 0 radical (unpaired) electrons. The van der Waals surface area contributed by atoms with Crippen molar-refractivity contribution in [3.63, 3.8) is 0 Å². The van der Waals surface area contributed by atoms with E-state index in [9.17, 15) is 9.90 Å². The van der Waals surface area contributed by atoms with Gasteiger partial charge in [-0.3, -0.25) is 4.79 Å². The predicted molar refractivity (Wildman–Crippen MR) is 131 cm³/mol. The van der Waals surface area contributed by atoms with Crippen molar-refractivity contribution in [2.75, 3.05) is 17.7 Å². The average molecular weight is 466 g/mol. The highest BCUT2D eigenvalue weighted by Crippen LogP contribution is 2.39. The van der Waals surface area contributed by atoms with Gasteiger partial charge in [0.25, 0.3) is 0 Å². The first-order chi connectivity index (χ1) is 15.4. The zero-order valence-electron chi connectivity index (χ0n) is 18.0. The maximum Gasteiger partial charge on any atom is 0.234 e. The van der Waals surface area contributed by atoms with Crippen LogP contribution in [-0.4, -0.2) is 33.3 Å². The van der Waals surface area contributed by atoms with Crippen molar-refractivity contribution in [3.05, 3.63) is 59.2 Å². The van der Waals surface area contributed by atoms with Crippen LogP contribution in [0, 0.1) is 13.8 Å². The summed E-state index contributed by atoms with van der Waals surface area (Å²) in [6.07, 6.45) is 0. The number of hydrogen-bond donors (Lipinski definition) is 2. The predicted octanol–water partition coefficient (Wildman–Crippen LogP) is 5.81. The van der Waals surface area contributed by atoms with Crippen LogP contribution in [0.2, 0.25) is 0 Å². The van der Waals surface area contributed by atoms with Crippen LogP contribution in [0.1, 0.15) is 18.3 Å². The summed E-state index contributed by atoms with van der Waals surface area (Å²) in [7, 11) is 0. The Morgan fingerprint density at radius 1 is 1.16 bits per heavy atom. The van der Waals surface area contributed by atoms with Crippen LogP contribution in [0.4, 0.5) is 5.69 Å². The first-order valence-electron chi connectivity index (χ1n) is 10.2. The van der Waals surface area contributed by atoms with Gasteiger partial charge in [0.05, 0.1) is 23.4 Å². The number of hydrogen-bond acceptors (Lipinski definition) is 7. The van der Waals surface area contributed by atoms with E-state index in [1.807, 2.05) is 45.0 Å². The minimum atomic E-state index is -0.210. The number of fused-ring (bicyclic) bond motifs is 1. The summed E-state index contributed by atoms with van der Waals surface area (Å²) in [6, 6.07) is 13.1. The van der Waals surface area contributed by atoms with Crippen molar-refractivity contribution >= 4 is 44.9 Å². The normalized spacial score (nSPS) is 11.0. The molecule has 0 saturated heterocycles. The summed E-state index contributed by atoms with van der Waals surface area (Å²) in [4.78, 5) is 22.7. The van der Waals surface area contributed by atoms with Crippen molar-refractivity contribution in [2.45, 2.75) is 25.8 Å². The smallest absolute Gasteiger partial charge is 0.234 e. The van der Waals surface area contributed by atoms with Gasteiger partial charge in [-0.1, -0.05) is 30.0 Å². The highest BCUT2D eigenvalue weighted by molar-refractivity contribution is 8.00. The molecule has 0 spiro atoms. The van der Waals surface area contributed by atoms with Gasteiger partial charge in [-0.25, -0.2) is 9.97 Å². The van der Waals surface area contributed by atoms with Gasteiger partial charge in [-0.05, 0) is 56.2 Å². The van der Waals surface area contributed by atoms with Gasteiger partial charge in [0.15, 0.2) is 0 Å². The Morgan fingerprint density at radius 2 is 1.94 bits per heavy atom. The summed E-state index contributed by atoms with van der Waals surface area (Å²) in [6.45, 7) is 6.34. The Morgan fingerprint density at radius 3 is 2.69 bits per heavy atom. The van der Waals surface area contributed by atoms with Crippen LogP contribution < -0.4 is 10.1 Å². The van der Waals surface area contributed by atoms with Crippen molar-refractivity contribution in [1.82, 2.24) is 9.97 Å². The number of carbonyl (C=O) groups is 1. The maximum absolute atomic E-state index is 12.6. The first-order valence-corrected chi connectivity index (χ1v) is 12.0. The highest BCUT2D eigenvalue weighted by atomic mass is 32.2. The van der Waals surface area contributed by atoms with E-state index >= 15 is 0 Å². The number of benzene rings is 2. The molecular weight excluding hydrogens is 442 g/mol. The molecule has 0 atom stereocenters. The van der Waals surface area contributed by atoms with E-state index in [0.717, 1.165) is 37.7 Å². The fourth-order valence-electron chi connectivity index (χ4n) is 3.30. The number of ether oxygens (including phenoxy) is 1. The SMILES string of the molecule is CCOc1ccc(-c2csc3nc(C)nc(SCC(=O)Nc4cc(C)ccc4O)c23)cc1. The van der Waals surface area contributed by atoms with Gasteiger partial charge in [-0.2, -0.15) is 0 Å². The maximum atomic E-state index is 12.6. The molecule has 6 nitrogen and oxygen atoms in total. The van der Waals surface area contributed by atoms with Gasteiger partial charge < -0.3 is 15.2 Å². The number of aryl methyl sites for hydroxylation is 2. The van der Waals surface area contributed by atoms with Gasteiger partial charge in [0.2, 0.25) is 5.91 Å². The summed E-state index contributed by atoms with van der Waals surface area (Å²) < 4.78 is 5.55. The number of thiophene rings is 1. The molecule has 2 aromatic heterocycles. The molecule has 0 fully saturated rings. The van der Waals surface area contributed by atoms with Gasteiger partial charge >= 0.3 is 0 Å². The largest absolute Gasteiger partial charge is 0.506 e. The van der Waals surface area contributed by atoms with Crippen molar-refractivity contribution in [1.29, 1.82) is 0 Å². The van der Waals surface area contributed by atoms with Crippen molar-refractivity contribution < 1.29 is 14.6 Å². The zero-order valence-corrected chi connectivity index (χ0v) is 19.6. The van der Waals surface area contributed by atoms with Crippen LogP contribution in [0.25, 0.3) is 21.3 Å². The molecule has 1 amide bonds. The Balaban J connectivity index is 1.59. The molecule has 8 heteroatoms. The lowest BCUT2D eigenvalue weighted by Crippen LogP contribution is -2.14. The molecule has 4 rings (SSSR count). The minimum Gasteiger partial charge on any atom is -0.506 e. The molecule has 2 heterocycles. The van der Waals surface area contributed by atoms with Crippen LogP contribution in [0.5, 0.6) is 11.5 Å². The number of phenolic OH excluding ortho intramolecular Hbond substituents is 1. The zero-order chi connectivity index (χ0) is 22.7. The second kappa shape index (κ2) is 9.58. The lowest BCUT2D eigenvalue weighted by Gasteiger charge is -2.09. The lowest BCUT2D eigenvalue weighted by molar-refractivity contribution is -0.113. The van der Waals surface area contributed by atoms with Crippen LogP contribution in [-0.2, 0) is 4.79 Å². The van der Waals surface area contributed by atoms with E-state index < -0.39 is 0 Å². The molecule has 2 N–H and O–H groups in total. The molecular formula is C24H23N3O3S2. The van der Waals surface area contributed by atoms with E-state index in [1.165, 1.54) is 11.8 Å². The van der Waals surface area contributed by atoms with Crippen LogP contribution in [0.15, 0.2) is 52.9 Å². The third-order valence-electron chi connectivity index (χ3n) is 4.75. The Labute approximate surface area is 194 Å².